The summed E-state index contributed by atoms with van der Waals surface area (Å²) in [6, 6.07) is 6.30. The molecule has 2 aromatic rings. The number of carbonyl (C=O) groups is 3. The van der Waals surface area contributed by atoms with Crippen LogP contribution in [-0.4, -0.2) is 40.4 Å². The second kappa shape index (κ2) is 9.19. The van der Waals surface area contributed by atoms with E-state index in [-0.39, 0.29) is 45.7 Å². The third-order valence-electron chi connectivity index (χ3n) is 4.55. The Labute approximate surface area is 185 Å². The zero-order valence-electron chi connectivity index (χ0n) is 15.7. The van der Waals surface area contributed by atoms with Crippen molar-refractivity contribution < 1.29 is 29.2 Å². The first-order valence-corrected chi connectivity index (χ1v) is 9.67. The van der Waals surface area contributed by atoms with Crippen molar-refractivity contribution in [3.8, 4) is 5.75 Å². The number of anilines is 1. The SMILES string of the molecule is O=C(Nc1ccc([N+](=O)[O-])cc1Cl)c1cc(Cl)ccc1OC(=O)N1CCCC1C(=O)[O-]. The lowest BCUT2D eigenvalue weighted by Crippen LogP contribution is -2.48. The summed E-state index contributed by atoms with van der Waals surface area (Å²) >= 11 is 12.0. The number of hydrogen-bond donors (Lipinski definition) is 1. The van der Waals surface area contributed by atoms with Gasteiger partial charge in [-0.05, 0) is 37.1 Å². The lowest BCUT2D eigenvalue weighted by Gasteiger charge is -2.24. The van der Waals surface area contributed by atoms with Crippen molar-refractivity contribution in [1.29, 1.82) is 0 Å². The number of halogens is 2. The number of non-ortho nitro benzene ring substituents is 1. The average Bonchev–Trinajstić information content (AvgIpc) is 3.21. The number of amides is 2. The van der Waals surface area contributed by atoms with Crippen LogP contribution in [0, 0.1) is 10.1 Å². The Kier molecular flexibility index (Phi) is 6.62. The summed E-state index contributed by atoms with van der Waals surface area (Å²) in [5.41, 5.74) is -0.293. The molecule has 0 spiro atoms. The number of nitrogens with one attached hydrogen (secondary N) is 1. The van der Waals surface area contributed by atoms with Crippen molar-refractivity contribution in [2.75, 3.05) is 11.9 Å². The second-order valence-electron chi connectivity index (χ2n) is 6.55. The van der Waals surface area contributed by atoms with E-state index < -0.39 is 28.9 Å². The van der Waals surface area contributed by atoms with Gasteiger partial charge in [-0.1, -0.05) is 23.2 Å². The number of carboxylic acid groups (broad SMARTS) is 1. The summed E-state index contributed by atoms with van der Waals surface area (Å²) in [7, 11) is 0. The molecular formula is C19H14Cl2N3O7-. The average molecular weight is 467 g/mol. The number of ether oxygens (including phenoxy) is 1. The van der Waals surface area contributed by atoms with E-state index in [1.54, 1.807) is 0 Å². The van der Waals surface area contributed by atoms with Gasteiger partial charge in [0.15, 0.2) is 0 Å². The normalized spacial score (nSPS) is 15.4. The third-order valence-corrected chi connectivity index (χ3v) is 5.10. The van der Waals surface area contributed by atoms with E-state index >= 15 is 0 Å². The zero-order valence-corrected chi connectivity index (χ0v) is 17.2. The third kappa shape index (κ3) is 5.04. The minimum atomic E-state index is -1.39. The predicted octanol–water partition coefficient (Wildman–Crippen LogP) is 2.87. The quantitative estimate of drug-likeness (QED) is 0.526. The minimum absolute atomic E-state index is 0.0722. The first kappa shape index (κ1) is 22.3. The molecule has 1 aliphatic heterocycles. The summed E-state index contributed by atoms with van der Waals surface area (Å²) in [5, 5.41) is 24.6. The standard InChI is InChI=1S/C19H15Cl2N3O7/c20-10-3-6-16(31-19(28)23-7-1-2-15(23)18(26)27)12(8-10)17(25)22-14-5-4-11(24(29)30)9-13(14)21/h3-6,8-9,15H,1-2,7H2,(H,22,25)(H,26,27)/p-1. The van der Waals surface area contributed by atoms with Gasteiger partial charge in [0.25, 0.3) is 11.6 Å². The molecular weight excluding hydrogens is 453 g/mol. The summed E-state index contributed by atoms with van der Waals surface area (Å²) in [5.74, 6) is -2.30. The number of rotatable bonds is 5. The van der Waals surface area contributed by atoms with Crippen LogP contribution in [0.15, 0.2) is 36.4 Å². The molecule has 1 unspecified atom stereocenters. The topological polar surface area (TPSA) is 142 Å². The minimum Gasteiger partial charge on any atom is -0.548 e. The highest BCUT2D eigenvalue weighted by Crippen LogP contribution is 2.30. The van der Waals surface area contributed by atoms with Crippen LogP contribution in [0.1, 0.15) is 23.2 Å². The van der Waals surface area contributed by atoms with Crippen molar-refractivity contribution in [2.24, 2.45) is 0 Å². The van der Waals surface area contributed by atoms with Crippen LogP contribution in [0.5, 0.6) is 5.75 Å². The Morgan fingerprint density at radius 2 is 1.90 bits per heavy atom. The highest BCUT2D eigenvalue weighted by Gasteiger charge is 2.32. The Morgan fingerprint density at radius 1 is 1.16 bits per heavy atom. The molecule has 1 aliphatic rings. The number of hydrogen-bond acceptors (Lipinski definition) is 7. The molecule has 31 heavy (non-hydrogen) atoms. The second-order valence-corrected chi connectivity index (χ2v) is 7.40. The van der Waals surface area contributed by atoms with Crippen molar-refractivity contribution >= 4 is 52.5 Å². The molecule has 10 nitrogen and oxygen atoms in total. The number of nitro benzene ring substituents is 1. The van der Waals surface area contributed by atoms with E-state index in [0.717, 1.165) is 17.0 Å². The molecule has 0 saturated carbocycles. The maximum Gasteiger partial charge on any atom is 0.415 e. The first-order valence-electron chi connectivity index (χ1n) is 8.91. The molecule has 3 rings (SSSR count). The van der Waals surface area contributed by atoms with Crippen LogP contribution in [0.3, 0.4) is 0 Å². The fraction of sp³-hybridized carbons (Fsp3) is 0.211. The van der Waals surface area contributed by atoms with Gasteiger partial charge >= 0.3 is 6.09 Å². The number of benzene rings is 2. The van der Waals surface area contributed by atoms with Gasteiger partial charge in [-0.3, -0.25) is 19.8 Å². The number of carbonyl (C=O) groups excluding carboxylic acids is 3. The molecule has 1 N–H and O–H groups in total. The molecule has 2 aromatic carbocycles. The number of nitrogens with zero attached hydrogens (tertiary/aromatic N) is 2. The van der Waals surface area contributed by atoms with Crippen molar-refractivity contribution in [3.63, 3.8) is 0 Å². The van der Waals surface area contributed by atoms with Crippen LogP contribution < -0.4 is 15.2 Å². The molecule has 1 heterocycles. The zero-order chi connectivity index (χ0) is 22.7. The fourth-order valence-corrected chi connectivity index (χ4v) is 3.45. The molecule has 12 heteroatoms. The summed E-state index contributed by atoms with van der Waals surface area (Å²) in [6.07, 6.45) is -0.235. The molecule has 1 fully saturated rings. The highest BCUT2D eigenvalue weighted by molar-refractivity contribution is 6.34. The number of carboxylic acids is 1. The molecule has 162 valence electrons. The number of likely N-dealkylation sites (tertiary alicyclic amines) is 1. The predicted molar refractivity (Wildman–Crippen MR) is 108 cm³/mol. The smallest absolute Gasteiger partial charge is 0.415 e. The monoisotopic (exact) mass is 466 g/mol. The van der Waals surface area contributed by atoms with Crippen molar-refractivity contribution in [2.45, 2.75) is 18.9 Å². The maximum atomic E-state index is 12.8. The van der Waals surface area contributed by atoms with Crippen LogP contribution >= 0.6 is 23.2 Å². The molecule has 2 amide bonds. The van der Waals surface area contributed by atoms with Gasteiger partial charge < -0.3 is 20.0 Å². The van der Waals surface area contributed by atoms with Crippen LogP contribution in [-0.2, 0) is 4.79 Å². The van der Waals surface area contributed by atoms with Gasteiger partial charge in [-0.25, -0.2) is 4.79 Å². The van der Waals surface area contributed by atoms with Crippen LogP contribution in [0.2, 0.25) is 10.0 Å². The number of aliphatic carboxylic acids is 1. The summed E-state index contributed by atoms with van der Waals surface area (Å²) < 4.78 is 5.26. The Morgan fingerprint density at radius 3 is 2.55 bits per heavy atom. The molecule has 1 saturated heterocycles. The molecule has 0 radical (unpaired) electrons. The lowest BCUT2D eigenvalue weighted by molar-refractivity contribution is -0.384. The molecule has 1 atom stereocenters. The van der Waals surface area contributed by atoms with Gasteiger partial charge in [0.2, 0.25) is 0 Å². The van der Waals surface area contributed by atoms with Gasteiger partial charge in [-0.15, -0.1) is 0 Å². The fourth-order valence-electron chi connectivity index (χ4n) is 3.06. The highest BCUT2D eigenvalue weighted by atomic mass is 35.5. The molecule has 0 bridgehead atoms. The van der Waals surface area contributed by atoms with E-state index in [1.165, 1.54) is 24.3 Å². The molecule has 0 aliphatic carbocycles. The van der Waals surface area contributed by atoms with E-state index in [2.05, 4.69) is 5.32 Å². The van der Waals surface area contributed by atoms with Crippen molar-refractivity contribution in [1.82, 2.24) is 4.90 Å². The van der Waals surface area contributed by atoms with E-state index in [4.69, 9.17) is 27.9 Å². The summed E-state index contributed by atoms with van der Waals surface area (Å²) in [6.45, 7) is 0.172. The first-order chi connectivity index (χ1) is 14.7. The largest absolute Gasteiger partial charge is 0.548 e. The Bertz CT molecular complexity index is 1080. The number of nitro groups is 1. The maximum absolute atomic E-state index is 12.8. The lowest BCUT2D eigenvalue weighted by atomic mass is 10.1. The Balaban J connectivity index is 1.83. The van der Waals surface area contributed by atoms with Crippen molar-refractivity contribution in [3.05, 3.63) is 62.1 Å². The molecule has 0 aromatic heterocycles. The summed E-state index contributed by atoms with van der Waals surface area (Å²) in [4.78, 5) is 47.6. The van der Waals surface area contributed by atoms with Gasteiger partial charge in [0.05, 0.1) is 33.2 Å². The van der Waals surface area contributed by atoms with Crippen LogP contribution in [0.25, 0.3) is 0 Å². The van der Waals surface area contributed by atoms with Gasteiger partial charge in [-0.2, -0.15) is 0 Å². The van der Waals surface area contributed by atoms with E-state index in [1.807, 2.05) is 0 Å². The van der Waals surface area contributed by atoms with Crippen LogP contribution in [0.4, 0.5) is 16.2 Å². The van der Waals surface area contributed by atoms with Gasteiger partial charge in [0, 0.05) is 23.7 Å². The van der Waals surface area contributed by atoms with Gasteiger partial charge in [0.1, 0.15) is 5.75 Å². The van der Waals surface area contributed by atoms with E-state index in [9.17, 15) is 29.6 Å². The van der Waals surface area contributed by atoms with E-state index in [0.29, 0.717) is 6.42 Å². The Hall–Kier alpha value is -3.37.